The highest BCUT2D eigenvalue weighted by Crippen LogP contribution is 2.36. The van der Waals surface area contributed by atoms with Crippen LogP contribution in [0, 0.1) is 0 Å². The van der Waals surface area contributed by atoms with Crippen molar-refractivity contribution in [1.29, 1.82) is 0 Å². The number of amides is 1. The highest BCUT2D eigenvalue weighted by atomic mass is 35.5. The summed E-state index contributed by atoms with van der Waals surface area (Å²) in [6.07, 6.45) is 5.39. The summed E-state index contributed by atoms with van der Waals surface area (Å²) >= 11 is 5.67. The molecule has 0 radical (unpaired) electrons. The third-order valence-electron chi connectivity index (χ3n) is 5.50. The van der Waals surface area contributed by atoms with Crippen molar-refractivity contribution in [3.05, 3.63) is 12.4 Å². The normalized spacial score (nSPS) is 24.1. The van der Waals surface area contributed by atoms with Crippen LogP contribution in [0.25, 0.3) is 0 Å². The molecule has 2 aliphatic heterocycles. The summed E-state index contributed by atoms with van der Waals surface area (Å²) in [6.45, 7) is 9.43. The van der Waals surface area contributed by atoms with Crippen LogP contribution in [0.5, 0.6) is 0 Å². The fraction of sp³-hybridized carbons (Fsp3) is 0.706. The summed E-state index contributed by atoms with van der Waals surface area (Å²) in [5.41, 5.74) is -0.000629. The zero-order valence-electron chi connectivity index (χ0n) is 15.8. The molecule has 0 bridgehead atoms. The first-order valence-electron chi connectivity index (χ1n) is 9.00. The first-order chi connectivity index (χ1) is 12.2. The topological polar surface area (TPSA) is 76.6 Å². The molecule has 0 unspecified atom stereocenters. The van der Waals surface area contributed by atoms with Crippen molar-refractivity contribution in [3.63, 3.8) is 0 Å². The maximum absolute atomic E-state index is 11.8. The van der Waals surface area contributed by atoms with Crippen molar-refractivity contribution in [2.75, 3.05) is 24.3 Å². The van der Waals surface area contributed by atoms with Gasteiger partial charge in [0.25, 0.3) is 0 Å². The van der Waals surface area contributed by atoms with Gasteiger partial charge in [-0.25, -0.2) is 9.97 Å². The molecule has 0 aromatic carbocycles. The highest BCUT2D eigenvalue weighted by molar-refractivity contribution is 6.61. The molecule has 3 heterocycles. The standard InChI is InChI=1S/C17H26BClN4O3/c1-16(2)17(3,4)26-18(25-16)12-9-20-15(21-10-12)22-11-13-6-5-7-23(13)14(24)8-19/h9-10,13H,5-8,11H2,1-4H3,(H,20,21,22)/t13-/m0/s1. The summed E-state index contributed by atoms with van der Waals surface area (Å²) in [4.78, 5) is 22.4. The van der Waals surface area contributed by atoms with E-state index in [1.807, 2.05) is 32.6 Å². The largest absolute Gasteiger partial charge is 0.498 e. The first kappa shape index (κ1) is 19.4. The number of aromatic nitrogens is 2. The molecule has 1 aromatic heterocycles. The van der Waals surface area contributed by atoms with Crippen molar-refractivity contribution in [1.82, 2.24) is 14.9 Å². The summed E-state index contributed by atoms with van der Waals surface area (Å²) in [5.74, 6) is 0.527. The number of anilines is 1. The van der Waals surface area contributed by atoms with E-state index in [1.54, 1.807) is 12.4 Å². The van der Waals surface area contributed by atoms with Crippen molar-refractivity contribution < 1.29 is 14.1 Å². The lowest BCUT2D eigenvalue weighted by molar-refractivity contribution is -0.129. The number of likely N-dealkylation sites (tertiary alicyclic amines) is 1. The van der Waals surface area contributed by atoms with E-state index in [9.17, 15) is 4.79 Å². The lowest BCUT2D eigenvalue weighted by Gasteiger charge is -2.32. The van der Waals surface area contributed by atoms with Crippen molar-refractivity contribution in [3.8, 4) is 0 Å². The van der Waals surface area contributed by atoms with Gasteiger partial charge in [-0.3, -0.25) is 4.79 Å². The fourth-order valence-corrected chi connectivity index (χ4v) is 3.35. The number of hydrogen-bond acceptors (Lipinski definition) is 6. The van der Waals surface area contributed by atoms with Crippen LogP contribution in [0.1, 0.15) is 40.5 Å². The number of rotatable bonds is 5. The van der Waals surface area contributed by atoms with E-state index in [-0.39, 0.29) is 17.8 Å². The second-order valence-electron chi connectivity index (χ2n) is 7.83. The van der Waals surface area contributed by atoms with Gasteiger partial charge in [-0.2, -0.15) is 0 Å². The van der Waals surface area contributed by atoms with Crippen LogP contribution >= 0.6 is 11.6 Å². The monoisotopic (exact) mass is 380 g/mol. The number of hydrogen-bond donors (Lipinski definition) is 1. The Labute approximate surface area is 159 Å². The molecule has 26 heavy (non-hydrogen) atoms. The van der Waals surface area contributed by atoms with Gasteiger partial charge in [0.15, 0.2) is 0 Å². The minimum absolute atomic E-state index is 0.0204. The molecule has 3 rings (SSSR count). The van der Waals surface area contributed by atoms with E-state index in [0.29, 0.717) is 12.5 Å². The zero-order valence-corrected chi connectivity index (χ0v) is 16.5. The van der Waals surface area contributed by atoms with Crippen LogP contribution in [-0.2, 0) is 14.1 Å². The molecule has 142 valence electrons. The number of alkyl halides is 1. The lowest BCUT2D eigenvalue weighted by atomic mass is 9.81. The minimum Gasteiger partial charge on any atom is -0.399 e. The van der Waals surface area contributed by atoms with Crippen LogP contribution < -0.4 is 10.8 Å². The predicted octanol–water partition coefficient (Wildman–Crippen LogP) is 1.42. The number of carbonyl (C=O) groups is 1. The molecule has 1 aromatic rings. The Morgan fingerprint density at radius 1 is 1.31 bits per heavy atom. The van der Waals surface area contributed by atoms with Crippen LogP contribution in [0.4, 0.5) is 5.95 Å². The molecule has 2 saturated heterocycles. The molecular formula is C17H26BClN4O3. The maximum atomic E-state index is 11.8. The predicted molar refractivity (Wildman–Crippen MR) is 102 cm³/mol. The van der Waals surface area contributed by atoms with Gasteiger partial charge in [0.1, 0.15) is 5.88 Å². The smallest absolute Gasteiger partial charge is 0.399 e. The van der Waals surface area contributed by atoms with Crippen LogP contribution in [0.15, 0.2) is 12.4 Å². The molecule has 1 N–H and O–H groups in total. The van der Waals surface area contributed by atoms with Gasteiger partial charge < -0.3 is 19.5 Å². The lowest BCUT2D eigenvalue weighted by Crippen LogP contribution is -2.41. The van der Waals surface area contributed by atoms with Gasteiger partial charge in [-0.1, -0.05) is 0 Å². The van der Waals surface area contributed by atoms with E-state index in [1.165, 1.54) is 0 Å². The zero-order chi connectivity index (χ0) is 18.9. The summed E-state index contributed by atoms with van der Waals surface area (Å²) in [6, 6.07) is 0.132. The molecule has 0 spiro atoms. The molecular weight excluding hydrogens is 354 g/mol. The van der Waals surface area contributed by atoms with Crippen LogP contribution in [-0.4, -0.2) is 64.1 Å². The molecule has 2 aliphatic rings. The molecule has 7 nitrogen and oxygen atoms in total. The van der Waals surface area contributed by atoms with Gasteiger partial charge >= 0.3 is 7.12 Å². The average Bonchev–Trinajstić information content (AvgIpc) is 3.15. The second-order valence-corrected chi connectivity index (χ2v) is 8.09. The Balaban J connectivity index is 1.58. The third-order valence-corrected chi connectivity index (χ3v) is 5.73. The quantitative estimate of drug-likeness (QED) is 0.615. The molecule has 9 heteroatoms. The maximum Gasteiger partial charge on any atom is 0.498 e. The molecule has 1 amide bonds. The Bertz CT molecular complexity index is 640. The van der Waals surface area contributed by atoms with Gasteiger partial charge in [-0.15, -0.1) is 11.6 Å². The second kappa shape index (κ2) is 7.33. The Morgan fingerprint density at radius 3 is 2.50 bits per heavy atom. The van der Waals surface area contributed by atoms with Gasteiger partial charge in [0, 0.05) is 37.0 Å². The van der Waals surface area contributed by atoms with E-state index in [0.717, 1.165) is 24.8 Å². The fourth-order valence-electron chi connectivity index (χ4n) is 3.19. The Hall–Kier alpha value is -1.38. The number of carbonyl (C=O) groups excluding carboxylic acids is 1. The summed E-state index contributed by atoms with van der Waals surface area (Å²) in [7, 11) is -0.472. The molecule has 1 atom stereocenters. The van der Waals surface area contributed by atoms with Crippen LogP contribution in [0.2, 0.25) is 0 Å². The van der Waals surface area contributed by atoms with Crippen molar-refractivity contribution in [2.24, 2.45) is 0 Å². The molecule has 0 aliphatic carbocycles. The molecule has 2 fully saturated rings. The average molecular weight is 381 g/mol. The van der Waals surface area contributed by atoms with E-state index < -0.39 is 18.3 Å². The number of nitrogens with one attached hydrogen (secondary N) is 1. The summed E-state index contributed by atoms with van der Waals surface area (Å²) < 4.78 is 12.0. The first-order valence-corrected chi connectivity index (χ1v) is 9.54. The third kappa shape index (κ3) is 3.82. The van der Waals surface area contributed by atoms with Gasteiger partial charge in [0.2, 0.25) is 11.9 Å². The van der Waals surface area contributed by atoms with E-state index in [2.05, 4.69) is 15.3 Å². The minimum atomic E-state index is -0.472. The SMILES string of the molecule is CC1(C)OB(c2cnc(NC[C@@H]3CCCN3C(=O)CCl)nc2)OC1(C)C. The summed E-state index contributed by atoms with van der Waals surface area (Å²) in [5, 5.41) is 3.21. The number of nitrogens with zero attached hydrogens (tertiary/aromatic N) is 3. The van der Waals surface area contributed by atoms with Gasteiger partial charge in [0.05, 0.1) is 11.2 Å². The highest BCUT2D eigenvalue weighted by Gasteiger charge is 2.51. The Kier molecular flexibility index (Phi) is 5.46. The number of halogens is 1. The van der Waals surface area contributed by atoms with E-state index in [4.69, 9.17) is 20.9 Å². The van der Waals surface area contributed by atoms with E-state index >= 15 is 0 Å². The van der Waals surface area contributed by atoms with Crippen molar-refractivity contribution in [2.45, 2.75) is 57.8 Å². The van der Waals surface area contributed by atoms with Gasteiger partial charge in [-0.05, 0) is 40.5 Å². The van der Waals surface area contributed by atoms with Crippen molar-refractivity contribution >= 4 is 36.0 Å². The Morgan fingerprint density at radius 2 is 1.92 bits per heavy atom. The molecule has 0 saturated carbocycles. The van der Waals surface area contributed by atoms with Crippen LogP contribution in [0.3, 0.4) is 0 Å².